The van der Waals surface area contributed by atoms with E-state index in [-0.39, 0.29) is 11.7 Å². The molecule has 0 radical (unpaired) electrons. The Morgan fingerprint density at radius 3 is 2.72 bits per heavy atom. The molecule has 0 unspecified atom stereocenters. The number of rotatable bonds is 3. The quantitative estimate of drug-likeness (QED) is 0.866. The standard InChI is InChI=1S/C13H15N3O2/c1-8-12(18-9(2)15-8)13(17)16-11-6-4-3-5-10(11)7-14/h3-6H,7,14H2,1-2H3,(H,16,17). The highest BCUT2D eigenvalue weighted by molar-refractivity contribution is 6.03. The third-order valence-corrected chi connectivity index (χ3v) is 2.60. The van der Waals surface area contributed by atoms with E-state index in [1.807, 2.05) is 18.2 Å². The number of carbonyl (C=O) groups is 1. The zero-order valence-corrected chi connectivity index (χ0v) is 10.4. The van der Waals surface area contributed by atoms with Crippen LogP contribution in [-0.4, -0.2) is 10.9 Å². The number of hydrogen-bond acceptors (Lipinski definition) is 4. The van der Waals surface area contributed by atoms with Crippen LogP contribution in [0.3, 0.4) is 0 Å². The largest absolute Gasteiger partial charge is 0.436 e. The van der Waals surface area contributed by atoms with Gasteiger partial charge in [-0.15, -0.1) is 0 Å². The van der Waals surface area contributed by atoms with E-state index < -0.39 is 0 Å². The monoisotopic (exact) mass is 245 g/mol. The maximum absolute atomic E-state index is 12.0. The molecule has 0 bridgehead atoms. The molecule has 3 N–H and O–H groups in total. The Hall–Kier alpha value is -2.14. The third-order valence-electron chi connectivity index (χ3n) is 2.60. The van der Waals surface area contributed by atoms with Crippen molar-refractivity contribution in [2.24, 2.45) is 5.73 Å². The molecular formula is C13H15N3O2. The van der Waals surface area contributed by atoms with Crippen molar-refractivity contribution >= 4 is 11.6 Å². The van der Waals surface area contributed by atoms with Crippen LogP contribution in [0.15, 0.2) is 28.7 Å². The summed E-state index contributed by atoms with van der Waals surface area (Å²) in [7, 11) is 0. The number of hydrogen-bond donors (Lipinski definition) is 2. The molecule has 1 heterocycles. The normalized spacial score (nSPS) is 10.4. The Morgan fingerprint density at radius 1 is 1.39 bits per heavy atom. The number of amides is 1. The van der Waals surface area contributed by atoms with Gasteiger partial charge in [-0.1, -0.05) is 18.2 Å². The second-order valence-electron chi connectivity index (χ2n) is 3.96. The number of oxazole rings is 1. The van der Waals surface area contributed by atoms with Gasteiger partial charge >= 0.3 is 0 Å². The van der Waals surface area contributed by atoms with Gasteiger partial charge in [0.25, 0.3) is 5.91 Å². The Morgan fingerprint density at radius 2 is 2.11 bits per heavy atom. The Bertz CT molecular complexity index is 575. The van der Waals surface area contributed by atoms with E-state index in [1.54, 1.807) is 19.9 Å². The second kappa shape index (κ2) is 5.01. The number of nitrogens with two attached hydrogens (primary N) is 1. The Balaban J connectivity index is 2.24. The highest BCUT2D eigenvalue weighted by atomic mass is 16.4. The van der Waals surface area contributed by atoms with Crippen molar-refractivity contribution in [1.82, 2.24) is 4.98 Å². The number of anilines is 1. The van der Waals surface area contributed by atoms with Gasteiger partial charge in [-0.05, 0) is 18.6 Å². The van der Waals surface area contributed by atoms with Crippen molar-refractivity contribution in [3.05, 3.63) is 47.2 Å². The maximum Gasteiger partial charge on any atom is 0.293 e. The van der Waals surface area contributed by atoms with Gasteiger partial charge in [-0.3, -0.25) is 4.79 Å². The average molecular weight is 245 g/mol. The molecule has 94 valence electrons. The van der Waals surface area contributed by atoms with Crippen LogP contribution in [0, 0.1) is 13.8 Å². The lowest BCUT2D eigenvalue weighted by atomic mass is 10.1. The summed E-state index contributed by atoms with van der Waals surface area (Å²) in [5.41, 5.74) is 7.76. The molecule has 0 aliphatic heterocycles. The van der Waals surface area contributed by atoms with E-state index in [0.717, 1.165) is 5.56 Å². The fourth-order valence-corrected chi connectivity index (χ4v) is 1.74. The average Bonchev–Trinajstić information content (AvgIpc) is 2.69. The third kappa shape index (κ3) is 2.41. The summed E-state index contributed by atoms with van der Waals surface area (Å²) in [4.78, 5) is 16.1. The molecule has 0 saturated carbocycles. The topological polar surface area (TPSA) is 81.2 Å². The van der Waals surface area contributed by atoms with Crippen LogP contribution in [0.2, 0.25) is 0 Å². The molecule has 18 heavy (non-hydrogen) atoms. The first-order valence-corrected chi connectivity index (χ1v) is 5.65. The highest BCUT2D eigenvalue weighted by Gasteiger charge is 2.16. The van der Waals surface area contributed by atoms with Gasteiger partial charge < -0.3 is 15.5 Å². The van der Waals surface area contributed by atoms with Crippen molar-refractivity contribution < 1.29 is 9.21 Å². The van der Waals surface area contributed by atoms with E-state index in [1.165, 1.54) is 0 Å². The van der Waals surface area contributed by atoms with Crippen molar-refractivity contribution in [3.63, 3.8) is 0 Å². The molecular weight excluding hydrogens is 230 g/mol. The molecule has 2 rings (SSSR count). The molecule has 1 amide bonds. The second-order valence-corrected chi connectivity index (χ2v) is 3.96. The maximum atomic E-state index is 12.0. The summed E-state index contributed by atoms with van der Waals surface area (Å²) >= 11 is 0. The number of nitrogens with one attached hydrogen (secondary N) is 1. The summed E-state index contributed by atoms with van der Waals surface area (Å²) in [6.07, 6.45) is 0. The highest BCUT2D eigenvalue weighted by Crippen LogP contribution is 2.17. The fourth-order valence-electron chi connectivity index (χ4n) is 1.74. The molecule has 1 aromatic carbocycles. The van der Waals surface area contributed by atoms with E-state index in [0.29, 0.717) is 23.8 Å². The predicted molar refractivity (Wildman–Crippen MR) is 68.3 cm³/mol. The van der Waals surface area contributed by atoms with Crippen LogP contribution >= 0.6 is 0 Å². The zero-order chi connectivity index (χ0) is 13.1. The number of para-hydroxylation sites is 1. The Labute approximate surface area is 105 Å². The number of benzene rings is 1. The van der Waals surface area contributed by atoms with Crippen LogP contribution in [0.4, 0.5) is 5.69 Å². The van der Waals surface area contributed by atoms with Gasteiger partial charge in [0.1, 0.15) is 0 Å². The van der Waals surface area contributed by atoms with Crippen molar-refractivity contribution in [1.29, 1.82) is 0 Å². The Kier molecular flexibility index (Phi) is 3.43. The smallest absolute Gasteiger partial charge is 0.293 e. The number of aromatic nitrogens is 1. The van der Waals surface area contributed by atoms with E-state index in [2.05, 4.69) is 10.3 Å². The molecule has 0 spiro atoms. The minimum Gasteiger partial charge on any atom is -0.436 e. The fraction of sp³-hybridized carbons (Fsp3) is 0.231. The molecule has 5 nitrogen and oxygen atoms in total. The number of aryl methyl sites for hydroxylation is 2. The molecule has 0 aliphatic rings. The van der Waals surface area contributed by atoms with E-state index >= 15 is 0 Å². The van der Waals surface area contributed by atoms with Crippen molar-refractivity contribution in [3.8, 4) is 0 Å². The van der Waals surface area contributed by atoms with Gasteiger partial charge in [0.15, 0.2) is 5.89 Å². The van der Waals surface area contributed by atoms with Crippen LogP contribution in [-0.2, 0) is 6.54 Å². The van der Waals surface area contributed by atoms with Crippen molar-refractivity contribution in [2.75, 3.05) is 5.32 Å². The first kappa shape index (κ1) is 12.3. The lowest BCUT2D eigenvalue weighted by Gasteiger charge is -2.08. The lowest BCUT2D eigenvalue weighted by molar-refractivity contribution is 0.0994. The minimum absolute atomic E-state index is 0.235. The number of carbonyl (C=O) groups excluding carboxylic acids is 1. The first-order valence-electron chi connectivity index (χ1n) is 5.65. The van der Waals surface area contributed by atoms with Crippen LogP contribution in [0.25, 0.3) is 0 Å². The molecule has 5 heteroatoms. The van der Waals surface area contributed by atoms with Crippen LogP contribution < -0.4 is 11.1 Å². The SMILES string of the molecule is Cc1nc(C)c(C(=O)Nc2ccccc2CN)o1. The molecule has 1 aromatic heterocycles. The number of nitrogens with zero attached hydrogens (tertiary/aromatic N) is 1. The summed E-state index contributed by atoms with van der Waals surface area (Å²) in [6, 6.07) is 7.39. The molecule has 2 aromatic rings. The van der Waals surface area contributed by atoms with Crippen molar-refractivity contribution in [2.45, 2.75) is 20.4 Å². The first-order chi connectivity index (χ1) is 8.61. The van der Waals surface area contributed by atoms with Gasteiger partial charge in [-0.25, -0.2) is 4.98 Å². The molecule has 0 atom stereocenters. The van der Waals surface area contributed by atoms with Crippen LogP contribution in [0.1, 0.15) is 27.7 Å². The summed E-state index contributed by atoms with van der Waals surface area (Å²) in [6.45, 7) is 3.81. The van der Waals surface area contributed by atoms with Gasteiger partial charge in [-0.2, -0.15) is 0 Å². The molecule has 0 fully saturated rings. The predicted octanol–water partition coefficient (Wildman–Crippen LogP) is 2.00. The lowest BCUT2D eigenvalue weighted by Crippen LogP contribution is -2.14. The van der Waals surface area contributed by atoms with E-state index in [9.17, 15) is 4.79 Å². The minimum atomic E-state index is -0.311. The van der Waals surface area contributed by atoms with Gasteiger partial charge in [0.05, 0.1) is 5.69 Å². The molecule has 0 saturated heterocycles. The zero-order valence-electron chi connectivity index (χ0n) is 10.4. The summed E-state index contributed by atoms with van der Waals surface area (Å²) in [5, 5.41) is 2.78. The summed E-state index contributed by atoms with van der Waals surface area (Å²) < 4.78 is 5.27. The van der Waals surface area contributed by atoms with E-state index in [4.69, 9.17) is 10.2 Å². The summed E-state index contributed by atoms with van der Waals surface area (Å²) in [5.74, 6) is 0.401. The molecule has 0 aliphatic carbocycles. The van der Waals surface area contributed by atoms with Gasteiger partial charge in [0, 0.05) is 19.2 Å². The van der Waals surface area contributed by atoms with Gasteiger partial charge in [0.2, 0.25) is 5.76 Å². The van der Waals surface area contributed by atoms with Crippen LogP contribution in [0.5, 0.6) is 0 Å².